The highest BCUT2D eigenvalue weighted by Gasteiger charge is 2.21. The second-order valence-electron chi connectivity index (χ2n) is 6.17. The maximum Gasteiger partial charge on any atom is 0.134 e. The van der Waals surface area contributed by atoms with E-state index in [9.17, 15) is 0 Å². The normalized spacial score (nSPS) is 16.5. The lowest BCUT2D eigenvalue weighted by atomic mass is 9.90. The molecule has 0 amide bonds. The number of nitrogen functional groups attached to an aromatic ring is 1. The number of benzene rings is 2. The number of nitrogens with two attached hydrogens (primary N) is 1. The molecule has 2 heterocycles. The van der Waals surface area contributed by atoms with Crippen molar-refractivity contribution in [1.82, 2.24) is 9.97 Å². The standard InChI is InChI=1S/C19H19N3O2/c1-23-15-4-3-14-7-13(10-24-18(14)9-15)6-12-2-5-17-16(8-12)19(20)22-11-21-17/h2-5,8-9,11,13H,6-7,10H2,1H3,(H2,20,21,22). The molecule has 5 nitrogen and oxygen atoms in total. The highest BCUT2D eigenvalue weighted by atomic mass is 16.5. The third kappa shape index (κ3) is 2.73. The molecule has 3 aromatic rings. The van der Waals surface area contributed by atoms with Crippen LogP contribution in [0.15, 0.2) is 42.7 Å². The first-order valence-corrected chi connectivity index (χ1v) is 8.02. The van der Waals surface area contributed by atoms with E-state index in [2.05, 4.69) is 28.2 Å². The molecule has 122 valence electrons. The number of methoxy groups -OCH3 is 1. The summed E-state index contributed by atoms with van der Waals surface area (Å²) < 4.78 is 11.2. The van der Waals surface area contributed by atoms with Gasteiger partial charge in [0.25, 0.3) is 0 Å². The number of aromatic nitrogens is 2. The van der Waals surface area contributed by atoms with Crippen molar-refractivity contribution >= 4 is 16.7 Å². The van der Waals surface area contributed by atoms with Gasteiger partial charge in [-0.05, 0) is 42.2 Å². The molecule has 1 aromatic heterocycles. The molecule has 4 rings (SSSR count). The van der Waals surface area contributed by atoms with Crippen molar-refractivity contribution in [2.24, 2.45) is 5.92 Å². The van der Waals surface area contributed by atoms with E-state index in [4.69, 9.17) is 15.2 Å². The van der Waals surface area contributed by atoms with Crippen molar-refractivity contribution in [3.05, 3.63) is 53.9 Å². The van der Waals surface area contributed by atoms with E-state index in [-0.39, 0.29) is 0 Å². The number of ether oxygens (including phenoxy) is 2. The average molecular weight is 321 g/mol. The van der Waals surface area contributed by atoms with Crippen LogP contribution < -0.4 is 15.2 Å². The number of hydrogen-bond donors (Lipinski definition) is 1. The van der Waals surface area contributed by atoms with E-state index in [0.717, 1.165) is 35.2 Å². The van der Waals surface area contributed by atoms with Crippen LogP contribution in [0.5, 0.6) is 11.5 Å². The zero-order valence-corrected chi connectivity index (χ0v) is 13.5. The lowest BCUT2D eigenvalue weighted by Gasteiger charge is -2.25. The van der Waals surface area contributed by atoms with Gasteiger partial charge in [0.1, 0.15) is 23.6 Å². The van der Waals surface area contributed by atoms with E-state index < -0.39 is 0 Å². The molecule has 1 aliphatic rings. The first kappa shape index (κ1) is 14.8. The molecule has 0 fully saturated rings. The number of hydrogen-bond acceptors (Lipinski definition) is 5. The van der Waals surface area contributed by atoms with Crippen LogP contribution in [0.4, 0.5) is 5.82 Å². The quantitative estimate of drug-likeness (QED) is 0.803. The van der Waals surface area contributed by atoms with E-state index in [1.54, 1.807) is 7.11 Å². The number of rotatable bonds is 3. The molecule has 2 N–H and O–H groups in total. The molecule has 0 bridgehead atoms. The predicted molar refractivity (Wildman–Crippen MR) is 93.3 cm³/mol. The molecule has 0 saturated carbocycles. The molecule has 0 radical (unpaired) electrons. The molecule has 1 aliphatic heterocycles. The Balaban J connectivity index is 1.55. The van der Waals surface area contributed by atoms with Gasteiger partial charge in [0.05, 0.1) is 19.2 Å². The van der Waals surface area contributed by atoms with Gasteiger partial charge in [-0.2, -0.15) is 0 Å². The Morgan fingerprint density at radius 1 is 1.21 bits per heavy atom. The summed E-state index contributed by atoms with van der Waals surface area (Å²) in [6.07, 6.45) is 3.44. The fourth-order valence-corrected chi connectivity index (χ4v) is 3.26. The Kier molecular flexibility index (Phi) is 3.69. The molecule has 24 heavy (non-hydrogen) atoms. The lowest BCUT2D eigenvalue weighted by Crippen LogP contribution is -2.22. The summed E-state index contributed by atoms with van der Waals surface area (Å²) in [6, 6.07) is 12.2. The highest BCUT2D eigenvalue weighted by molar-refractivity contribution is 5.88. The van der Waals surface area contributed by atoms with Crippen LogP contribution in [-0.2, 0) is 12.8 Å². The summed E-state index contributed by atoms with van der Waals surface area (Å²) >= 11 is 0. The predicted octanol–water partition coefficient (Wildman–Crippen LogP) is 3.01. The Bertz CT molecular complexity index is 895. The van der Waals surface area contributed by atoms with Crippen molar-refractivity contribution < 1.29 is 9.47 Å². The van der Waals surface area contributed by atoms with E-state index in [0.29, 0.717) is 18.3 Å². The number of fused-ring (bicyclic) bond motifs is 2. The summed E-state index contributed by atoms with van der Waals surface area (Å²) in [6.45, 7) is 0.707. The monoisotopic (exact) mass is 321 g/mol. The lowest BCUT2D eigenvalue weighted by molar-refractivity contribution is 0.220. The topological polar surface area (TPSA) is 70.3 Å². The van der Waals surface area contributed by atoms with Crippen LogP contribution in [0.25, 0.3) is 10.9 Å². The SMILES string of the molecule is COc1ccc2c(c1)OCC(Cc1ccc3ncnc(N)c3c1)C2. The molecule has 1 unspecified atom stereocenters. The van der Waals surface area contributed by atoms with Gasteiger partial charge in [-0.1, -0.05) is 12.1 Å². The first-order chi connectivity index (χ1) is 11.7. The second kappa shape index (κ2) is 6.00. The fraction of sp³-hybridized carbons (Fsp3) is 0.263. The van der Waals surface area contributed by atoms with Crippen LogP contribution in [0.1, 0.15) is 11.1 Å². The highest BCUT2D eigenvalue weighted by Crippen LogP contribution is 2.32. The maximum absolute atomic E-state index is 5.96. The Morgan fingerprint density at radius 3 is 3.00 bits per heavy atom. The van der Waals surface area contributed by atoms with E-state index in [1.807, 2.05) is 18.2 Å². The summed E-state index contributed by atoms with van der Waals surface area (Å²) in [5.74, 6) is 2.73. The fourth-order valence-electron chi connectivity index (χ4n) is 3.26. The molecule has 1 atom stereocenters. The van der Waals surface area contributed by atoms with Crippen LogP contribution in [0.3, 0.4) is 0 Å². The minimum Gasteiger partial charge on any atom is -0.497 e. The Hall–Kier alpha value is -2.82. The minimum absolute atomic E-state index is 0.439. The summed E-state index contributed by atoms with van der Waals surface area (Å²) in [5, 5.41) is 0.914. The van der Waals surface area contributed by atoms with E-state index in [1.165, 1.54) is 17.5 Å². The molecule has 0 saturated heterocycles. The molecular formula is C19H19N3O2. The summed E-state index contributed by atoms with van der Waals surface area (Å²) in [5.41, 5.74) is 9.30. The maximum atomic E-state index is 5.96. The number of nitrogens with zero attached hydrogens (tertiary/aromatic N) is 2. The van der Waals surface area contributed by atoms with Gasteiger partial charge >= 0.3 is 0 Å². The van der Waals surface area contributed by atoms with Gasteiger partial charge in [-0.15, -0.1) is 0 Å². The zero-order chi connectivity index (χ0) is 16.5. The molecule has 5 heteroatoms. The second-order valence-corrected chi connectivity index (χ2v) is 6.17. The number of anilines is 1. The molecule has 0 spiro atoms. The Morgan fingerprint density at radius 2 is 2.12 bits per heavy atom. The smallest absolute Gasteiger partial charge is 0.134 e. The molecule has 0 aliphatic carbocycles. The first-order valence-electron chi connectivity index (χ1n) is 8.02. The third-order valence-corrected chi connectivity index (χ3v) is 4.51. The largest absolute Gasteiger partial charge is 0.497 e. The summed E-state index contributed by atoms with van der Waals surface area (Å²) in [7, 11) is 1.67. The van der Waals surface area contributed by atoms with Gasteiger partial charge < -0.3 is 15.2 Å². The summed E-state index contributed by atoms with van der Waals surface area (Å²) in [4.78, 5) is 8.32. The van der Waals surface area contributed by atoms with Gasteiger partial charge in [-0.25, -0.2) is 9.97 Å². The third-order valence-electron chi connectivity index (χ3n) is 4.51. The van der Waals surface area contributed by atoms with Crippen LogP contribution in [0, 0.1) is 5.92 Å². The van der Waals surface area contributed by atoms with Gasteiger partial charge in [0.2, 0.25) is 0 Å². The average Bonchev–Trinajstić information content (AvgIpc) is 2.62. The van der Waals surface area contributed by atoms with Crippen molar-refractivity contribution in [3.8, 4) is 11.5 Å². The van der Waals surface area contributed by atoms with Crippen LogP contribution >= 0.6 is 0 Å². The molecular weight excluding hydrogens is 302 g/mol. The van der Waals surface area contributed by atoms with Gasteiger partial charge in [0.15, 0.2) is 0 Å². The Labute approximate surface area is 140 Å². The van der Waals surface area contributed by atoms with Crippen LogP contribution in [-0.4, -0.2) is 23.7 Å². The van der Waals surface area contributed by atoms with E-state index >= 15 is 0 Å². The van der Waals surface area contributed by atoms with Crippen molar-refractivity contribution in [1.29, 1.82) is 0 Å². The van der Waals surface area contributed by atoms with Crippen molar-refractivity contribution in [2.45, 2.75) is 12.8 Å². The van der Waals surface area contributed by atoms with Crippen molar-refractivity contribution in [3.63, 3.8) is 0 Å². The molecule has 2 aromatic carbocycles. The zero-order valence-electron chi connectivity index (χ0n) is 13.5. The van der Waals surface area contributed by atoms with Crippen LogP contribution in [0.2, 0.25) is 0 Å². The van der Waals surface area contributed by atoms with Gasteiger partial charge in [-0.3, -0.25) is 0 Å². The van der Waals surface area contributed by atoms with Gasteiger partial charge in [0, 0.05) is 17.4 Å². The minimum atomic E-state index is 0.439. The van der Waals surface area contributed by atoms with Crippen molar-refractivity contribution in [2.75, 3.05) is 19.5 Å².